The lowest BCUT2D eigenvalue weighted by Crippen LogP contribution is -2.38. The van der Waals surface area contributed by atoms with Gasteiger partial charge >= 0.3 is 6.03 Å². The number of anilines is 1. The second-order valence-corrected chi connectivity index (χ2v) is 6.63. The molecular weight excluding hydrogens is 344 g/mol. The van der Waals surface area contributed by atoms with Crippen molar-refractivity contribution in [3.05, 3.63) is 54.2 Å². The predicted octanol–water partition coefficient (Wildman–Crippen LogP) is 2.39. The number of rotatable bonds is 5. The summed E-state index contributed by atoms with van der Waals surface area (Å²) in [5, 5.41) is 19.6. The Balaban J connectivity index is 1.42. The van der Waals surface area contributed by atoms with Gasteiger partial charge in [-0.15, -0.1) is 5.10 Å². The fourth-order valence-corrected chi connectivity index (χ4v) is 3.46. The monoisotopic (exact) mass is 366 g/mol. The Morgan fingerprint density at radius 1 is 1.19 bits per heavy atom. The second kappa shape index (κ2) is 7.63. The minimum atomic E-state index is -0.352. The molecule has 1 aliphatic rings. The number of hydrogen-bond acceptors (Lipinski definition) is 5. The van der Waals surface area contributed by atoms with Gasteiger partial charge in [-0.2, -0.15) is 4.98 Å². The van der Waals surface area contributed by atoms with Gasteiger partial charge in [-0.25, -0.2) is 9.31 Å². The molecule has 1 atom stereocenters. The van der Waals surface area contributed by atoms with E-state index in [-0.39, 0.29) is 23.8 Å². The molecule has 3 aromatic rings. The van der Waals surface area contributed by atoms with Crippen LogP contribution in [0.5, 0.6) is 5.75 Å². The summed E-state index contributed by atoms with van der Waals surface area (Å²) in [6.45, 7) is 2.40. The van der Waals surface area contributed by atoms with Crippen LogP contribution in [0.3, 0.4) is 0 Å². The van der Waals surface area contributed by atoms with Crippen molar-refractivity contribution in [2.24, 2.45) is 0 Å². The molecule has 4 rings (SSSR count). The number of nitrogens with one attached hydrogen (secondary N) is 2. The highest BCUT2D eigenvalue weighted by Gasteiger charge is 2.24. The summed E-state index contributed by atoms with van der Waals surface area (Å²) in [5.41, 5.74) is 1.66. The third kappa shape index (κ3) is 4.01. The van der Waals surface area contributed by atoms with Crippen LogP contribution in [0.15, 0.2) is 48.7 Å². The third-order valence-corrected chi connectivity index (χ3v) is 4.76. The van der Waals surface area contributed by atoms with E-state index in [9.17, 15) is 9.90 Å². The molecule has 1 unspecified atom stereocenters. The van der Waals surface area contributed by atoms with E-state index in [0.29, 0.717) is 12.2 Å². The maximum Gasteiger partial charge on any atom is 0.321 e. The molecule has 140 valence electrons. The van der Waals surface area contributed by atoms with Gasteiger partial charge in [-0.1, -0.05) is 18.2 Å². The lowest BCUT2D eigenvalue weighted by atomic mass is 10.1. The number of carbonyl (C=O) groups excluding carboxylic acids is 1. The molecule has 8 nitrogen and oxygen atoms in total. The summed E-state index contributed by atoms with van der Waals surface area (Å²) in [4.78, 5) is 18.9. The Morgan fingerprint density at radius 2 is 2.04 bits per heavy atom. The first-order valence-corrected chi connectivity index (χ1v) is 9.08. The minimum Gasteiger partial charge on any atom is -0.508 e. The van der Waals surface area contributed by atoms with Gasteiger partial charge in [0.05, 0.1) is 6.04 Å². The lowest BCUT2D eigenvalue weighted by Gasteiger charge is -2.28. The van der Waals surface area contributed by atoms with E-state index >= 15 is 0 Å². The number of urea groups is 1. The van der Waals surface area contributed by atoms with Crippen LogP contribution in [-0.2, 0) is 0 Å². The number of aromatic nitrogens is 3. The molecule has 0 bridgehead atoms. The zero-order valence-corrected chi connectivity index (χ0v) is 14.9. The van der Waals surface area contributed by atoms with E-state index < -0.39 is 0 Å². The molecule has 1 aliphatic heterocycles. The van der Waals surface area contributed by atoms with E-state index in [4.69, 9.17) is 0 Å². The molecule has 1 saturated heterocycles. The normalized spacial score (nSPS) is 15.7. The number of likely N-dealkylation sites (tertiary alicyclic amines) is 1. The summed E-state index contributed by atoms with van der Waals surface area (Å²) in [5.74, 6) is 0.490. The number of benzene rings is 1. The Labute approximate surface area is 156 Å². The second-order valence-electron chi connectivity index (χ2n) is 6.63. The SMILES string of the molecule is O=C(NCC(c1cccc(O)c1)N1CCCC1)Nc1nc2ccccn2n1. The van der Waals surface area contributed by atoms with Crippen LogP contribution in [0.4, 0.5) is 10.7 Å². The summed E-state index contributed by atoms with van der Waals surface area (Å²) in [6, 6.07) is 12.4. The molecule has 3 N–H and O–H groups in total. The number of aromatic hydroxyl groups is 1. The Kier molecular flexibility index (Phi) is 4.88. The lowest BCUT2D eigenvalue weighted by molar-refractivity contribution is 0.227. The standard InChI is InChI=1S/C19H22N6O2/c26-15-7-5-6-14(12-15)16(24-9-3-4-10-24)13-20-19(27)22-18-21-17-8-1-2-11-25(17)23-18/h1-2,5-8,11-12,16,26H,3-4,9-10,13H2,(H2,20,22,23,27). The first-order valence-electron chi connectivity index (χ1n) is 9.08. The average Bonchev–Trinajstić information content (AvgIpc) is 3.31. The van der Waals surface area contributed by atoms with Crippen molar-refractivity contribution in [2.75, 3.05) is 25.0 Å². The van der Waals surface area contributed by atoms with Crippen LogP contribution in [0.25, 0.3) is 5.65 Å². The molecule has 0 spiro atoms. The van der Waals surface area contributed by atoms with Crippen molar-refractivity contribution in [3.8, 4) is 5.75 Å². The van der Waals surface area contributed by atoms with Crippen LogP contribution in [0, 0.1) is 0 Å². The van der Waals surface area contributed by atoms with Crippen LogP contribution in [0.2, 0.25) is 0 Å². The van der Waals surface area contributed by atoms with Crippen molar-refractivity contribution in [2.45, 2.75) is 18.9 Å². The summed E-state index contributed by atoms with van der Waals surface area (Å²) in [6.07, 6.45) is 4.07. The number of fused-ring (bicyclic) bond motifs is 1. The summed E-state index contributed by atoms with van der Waals surface area (Å²) < 4.78 is 1.61. The third-order valence-electron chi connectivity index (χ3n) is 4.76. The highest BCUT2D eigenvalue weighted by atomic mass is 16.3. The van der Waals surface area contributed by atoms with Crippen molar-refractivity contribution in [1.82, 2.24) is 24.8 Å². The topological polar surface area (TPSA) is 94.8 Å². The van der Waals surface area contributed by atoms with Crippen molar-refractivity contribution in [3.63, 3.8) is 0 Å². The van der Waals surface area contributed by atoms with Gasteiger partial charge in [0.1, 0.15) is 5.75 Å². The zero-order valence-electron chi connectivity index (χ0n) is 14.9. The number of pyridine rings is 1. The Bertz CT molecular complexity index is 902. The van der Waals surface area contributed by atoms with Crippen molar-refractivity contribution in [1.29, 1.82) is 0 Å². The van der Waals surface area contributed by atoms with Crippen LogP contribution in [-0.4, -0.2) is 50.3 Å². The van der Waals surface area contributed by atoms with Crippen LogP contribution >= 0.6 is 0 Å². The van der Waals surface area contributed by atoms with Gasteiger partial charge in [0.2, 0.25) is 0 Å². The average molecular weight is 366 g/mol. The van der Waals surface area contributed by atoms with Gasteiger partial charge in [-0.3, -0.25) is 10.2 Å². The molecule has 3 heterocycles. The maximum atomic E-state index is 12.3. The molecule has 0 radical (unpaired) electrons. The number of amides is 2. The first-order chi connectivity index (χ1) is 13.2. The fraction of sp³-hybridized carbons (Fsp3) is 0.316. The van der Waals surface area contributed by atoms with Crippen LogP contribution in [0.1, 0.15) is 24.4 Å². The summed E-state index contributed by atoms with van der Waals surface area (Å²) in [7, 11) is 0. The molecule has 0 saturated carbocycles. The maximum absolute atomic E-state index is 12.3. The van der Waals surface area contributed by atoms with Crippen molar-refractivity contribution >= 4 is 17.6 Å². The van der Waals surface area contributed by atoms with Crippen LogP contribution < -0.4 is 10.6 Å². The number of phenolic OH excluding ortho intramolecular Hbond substituents is 1. The smallest absolute Gasteiger partial charge is 0.321 e. The van der Waals surface area contributed by atoms with Gasteiger partial charge in [0.25, 0.3) is 5.95 Å². The van der Waals surface area contributed by atoms with Gasteiger partial charge < -0.3 is 10.4 Å². The van der Waals surface area contributed by atoms with E-state index in [1.165, 1.54) is 0 Å². The molecule has 2 amide bonds. The Hall–Kier alpha value is -3.13. The van der Waals surface area contributed by atoms with E-state index in [1.807, 2.05) is 30.3 Å². The molecule has 0 aliphatic carbocycles. The Morgan fingerprint density at radius 3 is 2.81 bits per heavy atom. The van der Waals surface area contributed by atoms with Gasteiger partial charge in [-0.05, 0) is 55.8 Å². The van der Waals surface area contributed by atoms with Gasteiger partial charge in [0, 0.05) is 12.7 Å². The number of hydrogen-bond donors (Lipinski definition) is 3. The predicted molar refractivity (Wildman–Crippen MR) is 102 cm³/mol. The minimum absolute atomic E-state index is 0.0133. The quantitative estimate of drug-likeness (QED) is 0.644. The number of phenols is 1. The largest absolute Gasteiger partial charge is 0.508 e. The van der Waals surface area contributed by atoms with Gasteiger partial charge in [0.15, 0.2) is 5.65 Å². The molecule has 27 heavy (non-hydrogen) atoms. The van der Waals surface area contributed by atoms with E-state index in [1.54, 1.807) is 22.8 Å². The molecule has 1 aromatic carbocycles. The fourth-order valence-electron chi connectivity index (χ4n) is 3.46. The van der Waals surface area contributed by atoms with Crippen molar-refractivity contribution < 1.29 is 9.90 Å². The van der Waals surface area contributed by atoms with E-state index in [2.05, 4.69) is 25.6 Å². The molecule has 1 fully saturated rings. The zero-order chi connectivity index (χ0) is 18.6. The summed E-state index contributed by atoms with van der Waals surface area (Å²) >= 11 is 0. The molecule has 2 aromatic heterocycles. The highest BCUT2D eigenvalue weighted by molar-refractivity contribution is 5.87. The first kappa shape index (κ1) is 17.3. The highest BCUT2D eigenvalue weighted by Crippen LogP contribution is 2.26. The van der Waals surface area contributed by atoms with E-state index in [0.717, 1.165) is 31.5 Å². The molecular formula is C19H22N6O2. The number of carbonyl (C=O) groups is 1. The number of nitrogens with zero attached hydrogens (tertiary/aromatic N) is 4. The molecule has 8 heteroatoms.